The second kappa shape index (κ2) is 5.24. The minimum Gasteiger partial charge on any atom is -0.465 e. The number of rotatable bonds is 4. The molecule has 21 heavy (non-hydrogen) atoms. The molecule has 3 rings (SSSR count). The monoisotopic (exact) mass is 281 g/mol. The molecule has 1 fully saturated rings. The van der Waals surface area contributed by atoms with Gasteiger partial charge >= 0.3 is 5.97 Å². The Balaban J connectivity index is 1.86. The maximum atomic E-state index is 12.1. The summed E-state index contributed by atoms with van der Waals surface area (Å²) in [6.45, 7) is 2.28. The van der Waals surface area contributed by atoms with Crippen molar-refractivity contribution in [3.8, 4) is 11.1 Å². The molecule has 0 saturated heterocycles. The summed E-state index contributed by atoms with van der Waals surface area (Å²) in [7, 11) is 0. The fourth-order valence-electron chi connectivity index (χ4n) is 2.70. The first-order valence-electron chi connectivity index (χ1n) is 7.29. The van der Waals surface area contributed by atoms with Crippen molar-refractivity contribution >= 4 is 11.7 Å². The molecule has 1 saturated carbocycles. The fourth-order valence-corrected chi connectivity index (χ4v) is 2.70. The molecule has 0 heterocycles. The van der Waals surface area contributed by atoms with Crippen LogP contribution in [0.4, 0.5) is 5.69 Å². The number of carbonyl (C=O) groups excluding carboxylic acids is 1. The topological polar surface area (TPSA) is 52.3 Å². The number of carbonyl (C=O) groups is 1. The molecule has 0 amide bonds. The van der Waals surface area contributed by atoms with Gasteiger partial charge in [-0.15, -0.1) is 0 Å². The summed E-state index contributed by atoms with van der Waals surface area (Å²) < 4.78 is 5.20. The SMILES string of the molecule is CCOC(=O)C1(c2ccc(-c3cccc(N)c3)cc2)CC1. The first-order chi connectivity index (χ1) is 10.2. The van der Waals surface area contributed by atoms with Crippen LogP contribution in [0.25, 0.3) is 11.1 Å². The van der Waals surface area contributed by atoms with E-state index in [2.05, 4.69) is 0 Å². The molecular weight excluding hydrogens is 262 g/mol. The Kier molecular flexibility index (Phi) is 3.42. The molecule has 1 aliphatic carbocycles. The van der Waals surface area contributed by atoms with Crippen molar-refractivity contribution in [2.75, 3.05) is 12.3 Å². The normalized spacial score (nSPS) is 15.5. The van der Waals surface area contributed by atoms with Crippen LogP contribution in [0, 0.1) is 0 Å². The number of hydrogen-bond acceptors (Lipinski definition) is 3. The number of benzene rings is 2. The van der Waals surface area contributed by atoms with Gasteiger partial charge in [0.2, 0.25) is 0 Å². The molecule has 3 nitrogen and oxygen atoms in total. The minimum absolute atomic E-state index is 0.0956. The number of nitrogen functional groups attached to an aromatic ring is 1. The van der Waals surface area contributed by atoms with Gasteiger partial charge in [-0.05, 0) is 48.6 Å². The van der Waals surface area contributed by atoms with E-state index in [4.69, 9.17) is 10.5 Å². The van der Waals surface area contributed by atoms with Crippen LogP contribution in [-0.4, -0.2) is 12.6 Å². The number of esters is 1. The molecule has 0 aliphatic heterocycles. The Hall–Kier alpha value is -2.29. The van der Waals surface area contributed by atoms with E-state index in [9.17, 15) is 4.79 Å². The summed E-state index contributed by atoms with van der Waals surface area (Å²) in [5.41, 5.74) is 9.41. The quantitative estimate of drug-likeness (QED) is 0.689. The summed E-state index contributed by atoms with van der Waals surface area (Å²) in [5, 5.41) is 0. The molecule has 2 N–H and O–H groups in total. The standard InChI is InChI=1S/C18H19NO2/c1-2-21-17(20)18(10-11-18)15-8-6-13(7-9-15)14-4-3-5-16(19)12-14/h3-9,12H,2,10-11,19H2,1H3. The lowest BCUT2D eigenvalue weighted by molar-refractivity contribution is -0.146. The zero-order valence-corrected chi connectivity index (χ0v) is 12.1. The lowest BCUT2D eigenvalue weighted by Crippen LogP contribution is -2.23. The Morgan fingerprint density at radius 1 is 1.14 bits per heavy atom. The number of hydrogen-bond donors (Lipinski definition) is 1. The molecule has 0 spiro atoms. The Morgan fingerprint density at radius 2 is 1.86 bits per heavy atom. The zero-order valence-electron chi connectivity index (χ0n) is 12.1. The van der Waals surface area contributed by atoms with E-state index in [1.807, 2.05) is 55.5 Å². The van der Waals surface area contributed by atoms with Crippen molar-refractivity contribution in [2.24, 2.45) is 0 Å². The maximum Gasteiger partial charge on any atom is 0.316 e. The Labute approximate surface area is 124 Å². The predicted molar refractivity (Wildman–Crippen MR) is 83.8 cm³/mol. The average molecular weight is 281 g/mol. The van der Waals surface area contributed by atoms with Crippen LogP contribution in [0.15, 0.2) is 48.5 Å². The highest BCUT2D eigenvalue weighted by Gasteiger charge is 2.52. The number of anilines is 1. The van der Waals surface area contributed by atoms with Crippen LogP contribution in [0.1, 0.15) is 25.3 Å². The first-order valence-corrected chi connectivity index (χ1v) is 7.29. The summed E-state index contributed by atoms with van der Waals surface area (Å²) >= 11 is 0. The summed E-state index contributed by atoms with van der Waals surface area (Å²) in [6, 6.07) is 16.0. The molecule has 0 radical (unpaired) electrons. The second-order valence-corrected chi connectivity index (χ2v) is 5.51. The summed E-state index contributed by atoms with van der Waals surface area (Å²) in [4.78, 5) is 12.1. The minimum atomic E-state index is -0.399. The summed E-state index contributed by atoms with van der Waals surface area (Å²) in [5.74, 6) is -0.0956. The Bertz CT molecular complexity index is 657. The molecule has 0 atom stereocenters. The van der Waals surface area contributed by atoms with Crippen molar-refractivity contribution in [3.05, 3.63) is 54.1 Å². The van der Waals surface area contributed by atoms with Crippen molar-refractivity contribution in [1.29, 1.82) is 0 Å². The lowest BCUT2D eigenvalue weighted by atomic mass is 9.93. The van der Waals surface area contributed by atoms with Crippen LogP contribution < -0.4 is 5.73 Å². The highest BCUT2D eigenvalue weighted by Crippen LogP contribution is 2.49. The van der Waals surface area contributed by atoms with Crippen molar-refractivity contribution in [3.63, 3.8) is 0 Å². The molecule has 3 heteroatoms. The van der Waals surface area contributed by atoms with Crippen LogP contribution in [0.5, 0.6) is 0 Å². The van der Waals surface area contributed by atoms with E-state index >= 15 is 0 Å². The van der Waals surface area contributed by atoms with E-state index in [1.54, 1.807) is 0 Å². The van der Waals surface area contributed by atoms with Crippen molar-refractivity contribution in [1.82, 2.24) is 0 Å². The van der Waals surface area contributed by atoms with E-state index < -0.39 is 5.41 Å². The van der Waals surface area contributed by atoms with Crippen molar-refractivity contribution < 1.29 is 9.53 Å². The maximum absolute atomic E-state index is 12.1. The largest absolute Gasteiger partial charge is 0.465 e. The molecule has 0 aromatic heterocycles. The van der Waals surface area contributed by atoms with Gasteiger partial charge in [-0.25, -0.2) is 0 Å². The number of nitrogens with two attached hydrogens (primary N) is 1. The zero-order chi connectivity index (χ0) is 14.9. The Morgan fingerprint density at radius 3 is 2.43 bits per heavy atom. The van der Waals surface area contributed by atoms with Gasteiger partial charge in [0.05, 0.1) is 12.0 Å². The van der Waals surface area contributed by atoms with Gasteiger partial charge in [0.25, 0.3) is 0 Å². The molecular formula is C18H19NO2. The molecule has 2 aromatic rings. The fraction of sp³-hybridized carbons (Fsp3) is 0.278. The van der Waals surface area contributed by atoms with Gasteiger partial charge in [0, 0.05) is 5.69 Å². The van der Waals surface area contributed by atoms with Gasteiger partial charge in [0.1, 0.15) is 0 Å². The third-order valence-electron chi connectivity index (χ3n) is 4.07. The van der Waals surface area contributed by atoms with Crippen molar-refractivity contribution in [2.45, 2.75) is 25.2 Å². The van der Waals surface area contributed by atoms with Crippen LogP contribution >= 0.6 is 0 Å². The molecule has 0 unspecified atom stereocenters. The number of ether oxygens (including phenoxy) is 1. The molecule has 0 bridgehead atoms. The highest BCUT2D eigenvalue weighted by atomic mass is 16.5. The first kappa shape index (κ1) is 13.7. The van der Waals surface area contributed by atoms with E-state index in [0.29, 0.717) is 6.61 Å². The second-order valence-electron chi connectivity index (χ2n) is 5.51. The predicted octanol–water partition coefficient (Wildman–Crippen LogP) is 3.53. The van der Waals surface area contributed by atoms with Crippen LogP contribution in [-0.2, 0) is 14.9 Å². The van der Waals surface area contributed by atoms with Gasteiger partial charge in [-0.2, -0.15) is 0 Å². The van der Waals surface area contributed by atoms with Crippen LogP contribution in [0.2, 0.25) is 0 Å². The van der Waals surface area contributed by atoms with Crippen LogP contribution in [0.3, 0.4) is 0 Å². The molecule has 2 aromatic carbocycles. The highest BCUT2D eigenvalue weighted by molar-refractivity contribution is 5.87. The van der Waals surface area contributed by atoms with E-state index in [-0.39, 0.29) is 5.97 Å². The average Bonchev–Trinajstić information content (AvgIpc) is 3.29. The van der Waals surface area contributed by atoms with E-state index in [0.717, 1.165) is 35.2 Å². The smallest absolute Gasteiger partial charge is 0.316 e. The van der Waals surface area contributed by atoms with E-state index in [1.165, 1.54) is 0 Å². The van der Waals surface area contributed by atoms with Gasteiger partial charge in [-0.1, -0.05) is 36.4 Å². The molecule has 108 valence electrons. The van der Waals surface area contributed by atoms with Gasteiger partial charge < -0.3 is 10.5 Å². The third kappa shape index (κ3) is 2.51. The van der Waals surface area contributed by atoms with Gasteiger partial charge in [0.15, 0.2) is 0 Å². The molecule has 1 aliphatic rings. The summed E-state index contributed by atoms with van der Waals surface area (Å²) in [6.07, 6.45) is 1.76. The lowest BCUT2D eigenvalue weighted by Gasteiger charge is -2.14. The van der Waals surface area contributed by atoms with Gasteiger partial charge in [-0.3, -0.25) is 4.79 Å². The third-order valence-corrected chi connectivity index (χ3v) is 4.07.